The van der Waals surface area contributed by atoms with Gasteiger partial charge in [-0.3, -0.25) is 0 Å². The molecule has 1 heterocycles. The number of halogens is 1. The minimum Gasteiger partial charge on any atom is -0.310 e. The van der Waals surface area contributed by atoms with Gasteiger partial charge in [-0.1, -0.05) is 19.1 Å². The van der Waals surface area contributed by atoms with E-state index in [1.807, 2.05) is 6.07 Å². The topological polar surface area (TPSA) is 12.0 Å². The molecule has 0 fully saturated rings. The van der Waals surface area contributed by atoms with Gasteiger partial charge in [-0.15, -0.1) is 0 Å². The van der Waals surface area contributed by atoms with Crippen molar-refractivity contribution in [2.45, 2.75) is 26.3 Å². The van der Waals surface area contributed by atoms with Gasteiger partial charge in [-0.05, 0) is 43.0 Å². The Balaban J connectivity index is 2.46. The normalized spacial score (nSPS) is 26.8. The molecule has 1 aromatic carbocycles. The van der Waals surface area contributed by atoms with E-state index in [9.17, 15) is 4.39 Å². The highest BCUT2D eigenvalue weighted by Gasteiger charge is 2.20. The lowest BCUT2D eigenvalue weighted by Gasteiger charge is -2.13. The van der Waals surface area contributed by atoms with Gasteiger partial charge in [0.1, 0.15) is 5.82 Å². The molecule has 0 radical (unpaired) electrons. The smallest absolute Gasteiger partial charge is 0.126 e. The van der Waals surface area contributed by atoms with E-state index in [0.717, 1.165) is 24.1 Å². The minimum atomic E-state index is -0.0510. The zero-order valence-corrected chi connectivity index (χ0v) is 8.68. The standard InChI is InChI=1S/C12H16FN/c1-8-6-11-10(9(2)14-7-8)4-3-5-12(11)13/h3-5,8-9,14H,6-7H2,1-2H3. The average molecular weight is 193 g/mol. The molecule has 2 unspecified atom stereocenters. The predicted octanol–water partition coefficient (Wildman–Crippen LogP) is 2.67. The molecule has 0 saturated carbocycles. The van der Waals surface area contributed by atoms with Gasteiger partial charge in [-0.25, -0.2) is 4.39 Å². The number of fused-ring (bicyclic) bond motifs is 1. The molecular weight excluding hydrogens is 177 g/mol. The lowest BCUT2D eigenvalue weighted by Crippen LogP contribution is -2.21. The first kappa shape index (κ1) is 9.66. The average Bonchev–Trinajstić information content (AvgIpc) is 2.30. The Morgan fingerprint density at radius 1 is 1.36 bits per heavy atom. The van der Waals surface area contributed by atoms with Gasteiger partial charge in [0.05, 0.1) is 0 Å². The molecule has 2 heteroatoms. The highest BCUT2D eigenvalue weighted by atomic mass is 19.1. The Bertz CT molecular complexity index is 335. The summed E-state index contributed by atoms with van der Waals surface area (Å²) in [5.41, 5.74) is 2.02. The number of benzene rings is 1. The van der Waals surface area contributed by atoms with Crippen molar-refractivity contribution in [1.29, 1.82) is 0 Å². The molecule has 0 bridgehead atoms. The maximum absolute atomic E-state index is 13.6. The highest BCUT2D eigenvalue weighted by molar-refractivity contribution is 5.32. The molecule has 2 rings (SSSR count). The van der Waals surface area contributed by atoms with E-state index < -0.39 is 0 Å². The molecule has 0 amide bonds. The van der Waals surface area contributed by atoms with Crippen LogP contribution in [0, 0.1) is 11.7 Å². The Morgan fingerprint density at radius 3 is 2.93 bits per heavy atom. The first-order chi connectivity index (χ1) is 6.68. The SMILES string of the molecule is CC1CNC(C)c2cccc(F)c2C1. The Morgan fingerprint density at radius 2 is 2.14 bits per heavy atom. The van der Waals surface area contributed by atoms with Crippen molar-refractivity contribution >= 4 is 0 Å². The van der Waals surface area contributed by atoms with E-state index in [2.05, 4.69) is 19.2 Å². The van der Waals surface area contributed by atoms with Crippen LogP contribution in [0.2, 0.25) is 0 Å². The van der Waals surface area contributed by atoms with Crippen LogP contribution in [0.1, 0.15) is 31.0 Å². The summed E-state index contributed by atoms with van der Waals surface area (Å²) in [5, 5.41) is 3.41. The summed E-state index contributed by atoms with van der Waals surface area (Å²) in [5.74, 6) is 0.459. The fraction of sp³-hybridized carbons (Fsp3) is 0.500. The second kappa shape index (κ2) is 3.70. The lowest BCUT2D eigenvalue weighted by molar-refractivity contribution is 0.492. The van der Waals surface area contributed by atoms with Crippen LogP contribution in [0.15, 0.2) is 18.2 Å². The molecular formula is C12H16FN. The predicted molar refractivity (Wildman–Crippen MR) is 55.7 cm³/mol. The third-order valence-corrected chi connectivity index (χ3v) is 2.95. The molecule has 1 aliphatic rings. The van der Waals surface area contributed by atoms with E-state index in [4.69, 9.17) is 0 Å². The van der Waals surface area contributed by atoms with Crippen LogP contribution in [-0.2, 0) is 6.42 Å². The fourth-order valence-electron chi connectivity index (χ4n) is 2.10. The van der Waals surface area contributed by atoms with E-state index in [1.165, 1.54) is 0 Å². The first-order valence-corrected chi connectivity index (χ1v) is 5.19. The quantitative estimate of drug-likeness (QED) is 0.668. The Hall–Kier alpha value is -0.890. The summed E-state index contributed by atoms with van der Waals surface area (Å²) in [4.78, 5) is 0. The second-order valence-corrected chi connectivity index (χ2v) is 4.25. The molecule has 0 aliphatic carbocycles. The monoisotopic (exact) mass is 193 g/mol. The van der Waals surface area contributed by atoms with Gasteiger partial charge < -0.3 is 5.32 Å². The molecule has 1 N–H and O–H groups in total. The van der Waals surface area contributed by atoms with E-state index in [0.29, 0.717) is 5.92 Å². The molecule has 76 valence electrons. The van der Waals surface area contributed by atoms with Crippen molar-refractivity contribution in [2.24, 2.45) is 5.92 Å². The van der Waals surface area contributed by atoms with Crippen LogP contribution in [0.4, 0.5) is 4.39 Å². The Kier molecular flexibility index (Phi) is 2.55. The maximum Gasteiger partial charge on any atom is 0.126 e. The van der Waals surface area contributed by atoms with Gasteiger partial charge in [0, 0.05) is 6.04 Å². The molecule has 0 spiro atoms. The van der Waals surface area contributed by atoms with Crippen LogP contribution in [0.3, 0.4) is 0 Å². The summed E-state index contributed by atoms with van der Waals surface area (Å²) in [7, 11) is 0. The van der Waals surface area contributed by atoms with Gasteiger partial charge in [-0.2, -0.15) is 0 Å². The van der Waals surface area contributed by atoms with Gasteiger partial charge >= 0.3 is 0 Å². The van der Waals surface area contributed by atoms with E-state index in [-0.39, 0.29) is 11.9 Å². The van der Waals surface area contributed by atoms with Crippen LogP contribution >= 0.6 is 0 Å². The molecule has 0 aromatic heterocycles. The van der Waals surface area contributed by atoms with E-state index >= 15 is 0 Å². The third kappa shape index (κ3) is 1.67. The van der Waals surface area contributed by atoms with Gasteiger partial charge in [0.25, 0.3) is 0 Å². The van der Waals surface area contributed by atoms with Gasteiger partial charge in [0.2, 0.25) is 0 Å². The van der Waals surface area contributed by atoms with Crippen molar-refractivity contribution < 1.29 is 4.39 Å². The number of hydrogen-bond acceptors (Lipinski definition) is 1. The van der Waals surface area contributed by atoms with Crippen molar-refractivity contribution in [3.05, 3.63) is 35.1 Å². The fourth-order valence-corrected chi connectivity index (χ4v) is 2.10. The first-order valence-electron chi connectivity index (χ1n) is 5.19. The maximum atomic E-state index is 13.6. The molecule has 1 aliphatic heterocycles. The summed E-state index contributed by atoms with van der Waals surface area (Å²) >= 11 is 0. The van der Waals surface area contributed by atoms with Crippen molar-refractivity contribution in [3.8, 4) is 0 Å². The summed E-state index contributed by atoms with van der Waals surface area (Å²) in [6.07, 6.45) is 0.847. The molecule has 0 saturated heterocycles. The number of rotatable bonds is 0. The number of hydrogen-bond donors (Lipinski definition) is 1. The zero-order valence-electron chi connectivity index (χ0n) is 8.68. The number of nitrogens with one attached hydrogen (secondary N) is 1. The lowest BCUT2D eigenvalue weighted by atomic mass is 9.96. The minimum absolute atomic E-state index is 0.0510. The van der Waals surface area contributed by atoms with Gasteiger partial charge in [0.15, 0.2) is 0 Å². The summed E-state index contributed by atoms with van der Waals surface area (Å²) in [6, 6.07) is 5.64. The van der Waals surface area contributed by atoms with Crippen molar-refractivity contribution in [1.82, 2.24) is 5.32 Å². The molecule has 2 atom stereocenters. The second-order valence-electron chi connectivity index (χ2n) is 4.25. The Labute approximate surface area is 84.3 Å². The summed E-state index contributed by atoms with van der Waals surface area (Å²) < 4.78 is 13.6. The summed E-state index contributed by atoms with van der Waals surface area (Å²) in [6.45, 7) is 5.22. The molecule has 1 aromatic rings. The zero-order chi connectivity index (χ0) is 10.1. The molecule has 14 heavy (non-hydrogen) atoms. The highest BCUT2D eigenvalue weighted by Crippen LogP contribution is 2.26. The van der Waals surface area contributed by atoms with E-state index in [1.54, 1.807) is 12.1 Å². The van der Waals surface area contributed by atoms with Crippen LogP contribution in [0.25, 0.3) is 0 Å². The third-order valence-electron chi connectivity index (χ3n) is 2.95. The van der Waals surface area contributed by atoms with Crippen LogP contribution in [-0.4, -0.2) is 6.54 Å². The van der Waals surface area contributed by atoms with Crippen LogP contribution in [0.5, 0.6) is 0 Å². The molecule has 1 nitrogen and oxygen atoms in total. The largest absolute Gasteiger partial charge is 0.310 e. The van der Waals surface area contributed by atoms with Crippen molar-refractivity contribution in [2.75, 3.05) is 6.54 Å². The van der Waals surface area contributed by atoms with Crippen LogP contribution < -0.4 is 5.32 Å². The van der Waals surface area contributed by atoms with Crippen molar-refractivity contribution in [3.63, 3.8) is 0 Å².